The minimum atomic E-state index is -0.637. The summed E-state index contributed by atoms with van der Waals surface area (Å²) in [6, 6.07) is 7.00. The van der Waals surface area contributed by atoms with E-state index in [1.54, 1.807) is 6.07 Å². The van der Waals surface area contributed by atoms with Gasteiger partial charge in [-0.3, -0.25) is 4.90 Å². The van der Waals surface area contributed by atoms with Crippen LogP contribution in [0, 0.1) is 18.6 Å². The van der Waals surface area contributed by atoms with Crippen LogP contribution in [0.5, 0.6) is 0 Å². The molecule has 3 aromatic heterocycles. The number of fused-ring (bicyclic) bond motifs is 2. The Morgan fingerprint density at radius 3 is 2.69 bits per heavy atom. The first kappa shape index (κ1) is 27.0. The third kappa shape index (κ3) is 5.75. The number of anilines is 2. The van der Waals surface area contributed by atoms with Gasteiger partial charge in [0.05, 0.1) is 11.7 Å². The van der Waals surface area contributed by atoms with Gasteiger partial charge in [0.25, 0.3) is 0 Å². The first-order valence-corrected chi connectivity index (χ1v) is 13.3. The van der Waals surface area contributed by atoms with Gasteiger partial charge < -0.3 is 20.5 Å². The highest BCUT2D eigenvalue weighted by molar-refractivity contribution is 5.83. The van der Waals surface area contributed by atoms with Crippen LogP contribution in [0.1, 0.15) is 37.0 Å². The monoisotopic (exact) mass is 535 g/mol. The number of hydrogen-bond acceptors (Lipinski definition) is 8. The number of likely N-dealkylation sites (N-methyl/N-ethyl adjacent to an activating group) is 1. The molecule has 0 bridgehead atoms. The molecule has 3 N–H and O–H groups in total. The highest BCUT2D eigenvalue weighted by atomic mass is 19.1. The van der Waals surface area contributed by atoms with E-state index in [2.05, 4.69) is 43.2 Å². The van der Waals surface area contributed by atoms with Crippen molar-refractivity contribution in [2.75, 3.05) is 45.1 Å². The second-order valence-electron chi connectivity index (χ2n) is 10.4. The first-order chi connectivity index (χ1) is 18.7. The number of aromatic nitrogens is 5. The van der Waals surface area contributed by atoms with Crippen molar-refractivity contribution < 1.29 is 8.78 Å². The van der Waals surface area contributed by atoms with Crippen LogP contribution < -0.4 is 11.1 Å². The van der Waals surface area contributed by atoms with E-state index in [0.717, 1.165) is 51.0 Å². The molecule has 5 rings (SSSR count). The first-order valence-electron chi connectivity index (χ1n) is 13.3. The second-order valence-corrected chi connectivity index (χ2v) is 10.4. The van der Waals surface area contributed by atoms with Crippen LogP contribution in [0.2, 0.25) is 0 Å². The molecule has 1 aromatic carbocycles. The Kier molecular flexibility index (Phi) is 7.83. The Balaban J connectivity index is 1.35. The van der Waals surface area contributed by atoms with Crippen LogP contribution in [0.4, 0.5) is 20.5 Å². The fourth-order valence-electron chi connectivity index (χ4n) is 5.18. The molecule has 4 heterocycles. The van der Waals surface area contributed by atoms with Crippen LogP contribution in [0.15, 0.2) is 30.5 Å². The zero-order valence-corrected chi connectivity index (χ0v) is 22.9. The van der Waals surface area contributed by atoms with Gasteiger partial charge in [0.1, 0.15) is 22.9 Å². The summed E-state index contributed by atoms with van der Waals surface area (Å²) in [5.41, 5.74) is 9.05. The molecule has 0 amide bonds. The third-order valence-electron chi connectivity index (χ3n) is 7.13. The number of rotatable bonds is 9. The van der Waals surface area contributed by atoms with E-state index in [-0.39, 0.29) is 23.2 Å². The van der Waals surface area contributed by atoms with Gasteiger partial charge in [-0.2, -0.15) is 0 Å². The molecule has 0 spiro atoms. The summed E-state index contributed by atoms with van der Waals surface area (Å²) < 4.78 is 31.8. The predicted molar refractivity (Wildman–Crippen MR) is 149 cm³/mol. The molecular formula is C28H35F2N9. The zero-order valence-electron chi connectivity index (χ0n) is 22.9. The zero-order chi connectivity index (χ0) is 27.7. The summed E-state index contributed by atoms with van der Waals surface area (Å²) >= 11 is 0. The van der Waals surface area contributed by atoms with Gasteiger partial charge in [0, 0.05) is 63.0 Å². The number of nitrogens with one attached hydrogen (secondary N) is 1. The van der Waals surface area contributed by atoms with E-state index in [1.165, 1.54) is 11.6 Å². The van der Waals surface area contributed by atoms with Crippen molar-refractivity contribution in [3.63, 3.8) is 0 Å². The largest absolute Gasteiger partial charge is 0.329 e. The fraction of sp³-hybridized carbons (Fsp3) is 0.429. The SMILES string of the molecule is Cc1nc2c(F)cc(-c3nc(Nc4ccc5c(n4)CCN(CCN(C)CCN)C5)ncc3F)cc2n1C(C)C. The highest BCUT2D eigenvalue weighted by Gasteiger charge is 2.20. The molecule has 0 saturated carbocycles. The lowest BCUT2D eigenvalue weighted by atomic mass is 10.1. The molecule has 9 nitrogen and oxygen atoms in total. The summed E-state index contributed by atoms with van der Waals surface area (Å²) in [7, 11) is 2.09. The van der Waals surface area contributed by atoms with Crippen LogP contribution in [-0.2, 0) is 13.0 Å². The lowest BCUT2D eigenvalue weighted by Crippen LogP contribution is -2.38. The van der Waals surface area contributed by atoms with Gasteiger partial charge in [-0.1, -0.05) is 6.07 Å². The molecule has 0 radical (unpaired) electrons. The maximum atomic E-state index is 15.0. The number of pyridine rings is 1. The Hall–Kier alpha value is -3.54. The Morgan fingerprint density at radius 1 is 1.10 bits per heavy atom. The molecule has 0 fully saturated rings. The normalized spacial score (nSPS) is 14.0. The van der Waals surface area contributed by atoms with Crippen LogP contribution in [-0.4, -0.2) is 74.1 Å². The van der Waals surface area contributed by atoms with E-state index in [4.69, 9.17) is 10.7 Å². The Morgan fingerprint density at radius 2 is 1.92 bits per heavy atom. The average Bonchev–Trinajstić information content (AvgIpc) is 3.25. The molecule has 1 aliphatic heterocycles. The number of nitrogens with two attached hydrogens (primary N) is 1. The van der Waals surface area contributed by atoms with Gasteiger partial charge in [-0.15, -0.1) is 0 Å². The summed E-state index contributed by atoms with van der Waals surface area (Å²) in [6.45, 7) is 11.1. The molecule has 1 aliphatic rings. The Labute approximate surface area is 227 Å². The van der Waals surface area contributed by atoms with Gasteiger partial charge >= 0.3 is 0 Å². The summed E-state index contributed by atoms with van der Waals surface area (Å²) in [5, 5.41) is 3.10. The van der Waals surface area contributed by atoms with E-state index in [9.17, 15) is 4.39 Å². The number of hydrogen-bond donors (Lipinski definition) is 2. The maximum Gasteiger partial charge on any atom is 0.229 e. The molecule has 11 heteroatoms. The number of halogens is 2. The van der Waals surface area contributed by atoms with Crippen molar-refractivity contribution in [3.8, 4) is 11.3 Å². The van der Waals surface area contributed by atoms with E-state index < -0.39 is 11.6 Å². The highest BCUT2D eigenvalue weighted by Crippen LogP contribution is 2.30. The minimum Gasteiger partial charge on any atom is -0.329 e. The molecule has 206 valence electrons. The standard InChI is InChI=1S/C28H35F2N9/c1-17(2)39-18(3)33-27-21(29)13-20(14-24(27)39)26-22(30)15-32-28(36-26)35-25-6-5-19-16-38(9-7-23(19)34-25)12-11-37(4)10-8-31/h5-6,13-15,17H,7-12,16,31H2,1-4H3,(H,32,34,35,36). The molecule has 0 saturated heterocycles. The van der Waals surface area contributed by atoms with Gasteiger partial charge in [-0.05, 0) is 51.6 Å². The van der Waals surface area contributed by atoms with Crippen molar-refractivity contribution in [2.45, 2.75) is 39.8 Å². The third-order valence-corrected chi connectivity index (χ3v) is 7.13. The minimum absolute atomic E-state index is 0.00987. The molecule has 39 heavy (non-hydrogen) atoms. The van der Waals surface area contributed by atoms with Crippen molar-refractivity contribution in [1.82, 2.24) is 34.3 Å². The smallest absolute Gasteiger partial charge is 0.229 e. The molecular weight excluding hydrogens is 500 g/mol. The number of benzene rings is 1. The lowest BCUT2D eigenvalue weighted by Gasteiger charge is -2.29. The van der Waals surface area contributed by atoms with Gasteiger partial charge in [-0.25, -0.2) is 28.7 Å². The van der Waals surface area contributed by atoms with Crippen LogP contribution >= 0.6 is 0 Å². The molecule has 0 aliphatic carbocycles. The molecule has 0 unspecified atom stereocenters. The number of nitrogens with zero attached hydrogens (tertiary/aromatic N) is 7. The second kappa shape index (κ2) is 11.3. The van der Waals surface area contributed by atoms with Gasteiger partial charge in [0.15, 0.2) is 11.6 Å². The summed E-state index contributed by atoms with van der Waals surface area (Å²) in [5.74, 6) is 0.309. The van der Waals surface area contributed by atoms with Crippen LogP contribution in [0.3, 0.4) is 0 Å². The van der Waals surface area contributed by atoms with Crippen molar-refractivity contribution in [1.29, 1.82) is 0 Å². The lowest BCUT2D eigenvalue weighted by molar-refractivity contribution is 0.212. The Bertz CT molecular complexity index is 1480. The maximum absolute atomic E-state index is 15.0. The predicted octanol–water partition coefficient (Wildman–Crippen LogP) is 4.05. The quantitative estimate of drug-likeness (QED) is 0.331. The van der Waals surface area contributed by atoms with E-state index in [1.807, 2.05) is 31.4 Å². The van der Waals surface area contributed by atoms with Gasteiger partial charge in [0.2, 0.25) is 5.95 Å². The van der Waals surface area contributed by atoms with E-state index >= 15 is 4.39 Å². The van der Waals surface area contributed by atoms with Crippen molar-refractivity contribution in [2.24, 2.45) is 5.73 Å². The van der Waals surface area contributed by atoms with E-state index in [0.29, 0.717) is 29.3 Å². The summed E-state index contributed by atoms with van der Waals surface area (Å²) in [6.07, 6.45) is 1.93. The summed E-state index contributed by atoms with van der Waals surface area (Å²) in [4.78, 5) is 22.3. The van der Waals surface area contributed by atoms with Crippen molar-refractivity contribution in [3.05, 3.63) is 59.2 Å². The fourth-order valence-corrected chi connectivity index (χ4v) is 5.18. The molecule has 0 atom stereocenters. The number of aryl methyl sites for hydroxylation is 1. The topological polar surface area (TPSA) is 101 Å². The average molecular weight is 536 g/mol. The molecule has 4 aromatic rings. The number of imidazole rings is 1. The van der Waals surface area contributed by atoms with Crippen molar-refractivity contribution >= 4 is 22.8 Å². The van der Waals surface area contributed by atoms with Crippen LogP contribution in [0.25, 0.3) is 22.3 Å².